The molecule has 8 heteroatoms. The molecule has 1 heterocycles. The zero-order valence-electron chi connectivity index (χ0n) is 13.3. The van der Waals surface area contributed by atoms with E-state index in [9.17, 15) is 19.2 Å². The molecule has 5 amide bonds. The Morgan fingerprint density at radius 3 is 2.33 bits per heavy atom. The molecule has 1 aliphatic rings. The molecule has 2 rings (SSSR count). The number of amides is 5. The standard InChI is InChI=1S/C16H19N3O5/c1-2-24-9-5-8-17-16(23)18-13(20)10-19-14(21)11-6-3-4-7-12(11)15(19)22/h3-4,6-7H,2,5,8-10H2,1H3,(H2,17,18,20,23). The topological polar surface area (TPSA) is 105 Å². The molecule has 0 fully saturated rings. The Balaban J connectivity index is 1.80. The van der Waals surface area contributed by atoms with Crippen molar-refractivity contribution in [3.05, 3.63) is 35.4 Å². The van der Waals surface area contributed by atoms with Gasteiger partial charge >= 0.3 is 6.03 Å². The van der Waals surface area contributed by atoms with E-state index in [0.29, 0.717) is 26.2 Å². The maximum atomic E-state index is 12.1. The highest BCUT2D eigenvalue weighted by Crippen LogP contribution is 2.21. The lowest BCUT2D eigenvalue weighted by Crippen LogP contribution is -2.46. The van der Waals surface area contributed by atoms with Crippen molar-refractivity contribution in [3.63, 3.8) is 0 Å². The third kappa shape index (κ3) is 4.17. The summed E-state index contributed by atoms with van der Waals surface area (Å²) in [6.07, 6.45) is 0.619. The number of ether oxygens (including phenoxy) is 1. The zero-order valence-corrected chi connectivity index (χ0v) is 13.3. The van der Waals surface area contributed by atoms with Gasteiger partial charge < -0.3 is 10.1 Å². The number of hydrogen-bond acceptors (Lipinski definition) is 5. The van der Waals surface area contributed by atoms with E-state index in [4.69, 9.17) is 4.74 Å². The fourth-order valence-corrected chi connectivity index (χ4v) is 2.26. The minimum absolute atomic E-state index is 0.260. The first-order valence-electron chi connectivity index (χ1n) is 7.65. The van der Waals surface area contributed by atoms with Crippen LogP contribution in [0, 0.1) is 0 Å². The molecular weight excluding hydrogens is 314 g/mol. The number of rotatable bonds is 7. The average Bonchev–Trinajstić information content (AvgIpc) is 2.80. The molecule has 0 unspecified atom stereocenters. The minimum Gasteiger partial charge on any atom is -0.382 e. The lowest BCUT2D eigenvalue weighted by atomic mass is 10.1. The maximum Gasteiger partial charge on any atom is 0.321 e. The van der Waals surface area contributed by atoms with Crippen LogP contribution in [0.1, 0.15) is 34.1 Å². The van der Waals surface area contributed by atoms with Crippen molar-refractivity contribution in [1.29, 1.82) is 0 Å². The fraction of sp³-hybridized carbons (Fsp3) is 0.375. The first-order valence-corrected chi connectivity index (χ1v) is 7.65. The van der Waals surface area contributed by atoms with Gasteiger partial charge in [0.2, 0.25) is 5.91 Å². The summed E-state index contributed by atoms with van der Waals surface area (Å²) in [6, 6.07) is 5.66. The third-order valence-corrected chi connectivity index (χ3v) is 3.39. The lowest BCUT2D eigenvalue weighted by molar-refractivity contribution is -0.120. The van der Waals surface area contributed by atoms with Crippen molar-refractivity contribution in [2.75, 3.05) is 26.3 Å². The summed E-state index contributed by atoms with van der Waals surface area (Å²) >= 11 is 0. The SMILES string of the molecule is CCOCCCNC(=O)NC(=O)CN1C(=O)c2ccccc2C1=O. The monoisotopic (exact) mass is 333 g/mol. The number of benzene rings is 1. The molecule has 2 N–H and O–H groups in total. The molecule has 1 aliphatic heterocycles. The van der Waals surface area contributed by atoms with Gasteiger partial charge in [-0.05, 0) is 25.5 Å². The molecule has 0 atom stereocenters. The van der Waals surface area contributed by atoms with Gasteiger partial charge in [-0.25, -0.2) is 4.79 Å². The smallest absolute Gasteiger partial charge is 0.321 e. The van der Waals surface area contributed by atoms with Gasteiger partial charge in [0, 0.05) is 19.8 Å². The molecule has 0 aromatic heterocycles. The molecule has 0 aliphatic carbocycles. The van der Waals surface area contributed by atoms with Gasteiger partial charge in [-0.3, -0.25) is 24.6 Å². The van der Waals surface area contributed by atoms with Crippen LogP contribution in [0.4, 0.5) is 4.79 Å². The minimum atomic E-state index is -0.730. The van der Waals surface area contributed by atoms with Crippen LogP contribution < -0.4 is 10.6 Å². The first kappa shape index (κ1) is 17.6. The summed E-state index contributed by atoms with van der Waals surface area (Å²) in [4.78, 5) is 48.5. The van der Waals surface area contributed by atoms with Gasteiger partial charge in [0.25, 0.3) is 11.8 Å². The summed E-state index contributed by atoms with van der Waals surface area (Å²) in [5, 5.41) is 4.59. The molecule has 0 saturated heterocycles. The summed E-state index contributed by atoms with van der Waals surface area (Å²) in [6.45, 7) is 2.84. The summed E-state index contributed by atoms with van der Waals surface area (Å²) in [7, 11) is 0. The van der Waals surface area contributed by atoms with Gasteiger partial charge in [0.15, 0.2) is 0 Å². The van der Waals surface area contributed by atoms with Crippen LogP contribution in [0.2, 0.25) is 0 Å². The average molecular weight is 333 g/mol. The highest BCUT2D eigenvalue weighted by atomic mass is 16.5. The molecule has 24 heavy (non-hydrogen) atoms. The molecule has 0 bridgehead atoms. The van der Waals surface area contributed by atoms with Crippen LogP contribution in [0.25, 0.3) is 0 Å². The van der Waals surface area contributed by atoms with E-state index in [2.05, 4.69) is 10.6 Å². The highest BCUT2D eigenvalue weighted by molar-refractivity contribution is 6.22. The molecule has 128 valence electrons. The predicted molar refractivity (Wildman–Crippen MR) is 84.5 cm³/mol. The van der Waals surface area contributed by atoms with Crippen LogP contribution in [0.5, 0.6) is 0 Å². The molecule has 0 radical (unpaired) electrons. The predicted octanol–water partition coefficient (Wildman–Crippen LogP) is 0.535. The second-order valence-electron chi connectivity index (χ2n) is 5.10. The Bertz CT molecular complexity index is 624. The molecule has 8 nitrogen and oxygen atoms in total. The number of urea groups is 1. The normalized spacial score (nSPS) is 13.0. The second-order valence-corrected chi connectivity index (χ2v) is 5.10. The van der Waals surface area contributed by atoms with Gasteiger partial charge in [-0.2, -0.15) is 0 Å². The van der Waals surface area contributed by atoms with Crippen LogP contribution in [-0.4, -0.2) is 55.0 Å². The van der Waals surface area contributed by atoms with Gasteiger partial charge in [-0.1, -0.05) is 12.1 Å². The van der Waals surface area contributed by atoms with Crippen LogP contribution in [0.15, 0.2) is 24.3 Å². The maximum absolute atomic E-state index is 12.1. The number of carbonyl (C=O) groups is 4. The molecular formula is C16H19N3O5. The van der Waals surface area contributed by atoms with Gasteiger partial charge in [0.05, 0.1) is 11.1 Å². The van der Waals surface area contributed by atoms with Gasteiger partial charge in [0.1, 0.15) is 6.54 Å². The summed E-state index contributed by atoms with van der Waals surface area (Å²) in [5.41, 5.74) is 0.520. The van der Waals surface area contributed by atoms with Crippen molar-refractivity contribution in [1.82, 2.24) is 15.5 Å². The van der Waals surface area contributed by atoms with Crippen molar-refractivity contribution in [3.8, 4) is 0 Å². The van der Waals surface area contributed by atoms with E-state index >= 15 is 0 Å². The fourth-order valence-electron chi connectivity index (χ4n) is 2.26. The van der Waals surface area contributed by atoms with E-state index < -0.39 is 30.3 Å². The second kappa shape index (κ2) is 8.21. The van der Waals surface area contributed by atoms with Crippen LogP contribution >= 0.6 is 0 Å². The van der Waals surface area contributed by atoms with Crippen molar-refractivity contribution in [2.45, 2.75) is 13.3 Å². The van der Waals surface area contributed by atoms with E-state index in [-0.39, 0.29) is 11.1 Å². The largest absolute Gasteiger partial charge is 0.382 e. The Labute approximate surface area is 139 Å². The summed E-state index contributed by atoms with van der Waals surface area (Å²) in [5.74, 6) is -1.81. The lowest BCUT2D eigenvalue weighted by Gasteiger charge is -2.13. The number of fused-ring (bicyclic) bond motifs is 1. The van der Waals surface area contributed by atoms with Crippen LogP contribution in [0.3, 0.4) is 0 Å². The van der Waals surface area contributed by atoms with Crippen molar-refractivity contribution < 1.29 is 23.9 Å². The molecule has 1 aromatic carbocycles. The summed E-state index contributed by atoms with van der Waals surface area (Å²) < 4.78 is 5.12. The number of imide groups is 2. The Hall–Kier alpha value is -2.74. The van der Waals surface area contributed by atoms with Gasteiger partial charge in [-0.15, -0.1) is 0 Å². The van der Waals surface area contributed by atoms with Crippen LogP contribution in [-0.2, 0) is 9.53 Å². The number of nitrogens with one attached hydrogen (secondary N) is 2. The number of carbonyl (C=O) groups excluding carboxylic acids is 4. The molecule has 1 aromatic rings. The number of hydrogen-bond donors (Lipinski definition) is 2. The van der Waals surface area contributed by atoms with Crippen molar-refractivity contribution >= 4 is 23.8 Å². The van der Waals surface area contributed by atoms with E-state index in [1.165, 1.54) is 12.1 Å². The number of nitrogens with zero attached hydrogens (tertiary/aromatic N) is 1. The molecule has 0 spiro atoms. The Morgan fingerprint density at radius 2 is 1.75 bits per heavy atom. The highest BCUT2D eigenvalue weighted by Gasteiger charge is 2.36. The zero-order chi connectivity index (χ0) is 17.5. The van der Waals surface area contributed by atoms with Crippen molar-refractivity contribution in [2.24, 2.45) is 0 Å². The quantitative estimate of drug-likeness (QED) is 0.559. The van der Waals surface area contributed by atoms with E-state index in [1.807, 2.05) is 6.92 Å². The Kier molecular flexibility index (Phi) is 6.02. The first-order chi connectivity index (χ1) is 11.5. The Morgan fingerprint density at radius 1 is 1.12 bits per heavy atom. The van der Waals surface area contributed by atoms with E-state index in [1.54, 1.807) is 12.1 Å². The molecule has 0 saturated carbocycles. The third-order valence-electron chi connectivity index (χ3n) is 3.39. The van der Waals surface area contributed by atoms with E-state index in [0.717, 1.165) is 4.90 Å².